The van der Waals surface area contributed by atoms with Gasteiger partial charge >= 0.3 is 0 Å². The van der Waals surface area contributed by atoms with Crippen molar-refractivity contribution in [2.45, 2.75) is 25.2 Å². The first-order valence-corrected chi connectivity index (χ1v) is 4.15. The molecular weight excluding hydrogens is 152 g/mol. The summed E-state index contributed by atoms with van der Waals surface area (Å²) in [5.41, 5.74) is 1.93. The lowest BCUT2D eigenvalue weighted by atomic mass is 9.99. The number of hydrogen-bond acceptors (Lipinski definition) is 2. The number of aromatic nitrogens is 2. The van der Waals surface area contributed by atoms with Crippen molar-refractivity contribution in [3.8, 4) is 0 Å². The highest BCUT2D eigenvalue weighted by atomic mass is 16.1. The molecule has 0 radical (unpaired) electrons. The third-order valence-corrected chi connectivity index (χ3v) is 2.56. The van der Waals surface area contributed by atoms with Gasteiger partial charge in [0.2, 0.25) is 0 Å². The highest BCUT2D eigenvalue weighted by Crippen LogP contribution is 2.47. The van der Waals surface area contributed by atoms with Gasteiger partial charge in [-0.3, -0.25) is 4.68 Å². The molecule has 0 N–H and O–H groups in total. The van der Waals surface area contributed by atoms with E-state index in [0.717, 1.165) is 30.4 Å². The quantitative estimate of drug-likeness (QED) is 0.610. The van der Waals surface area contributed by atoms with Gasteiger partial charge in [-0.15, -0.1) is 0 Å². The van der Waals surface area contributed by atoms with Gasteiger partial charge in [0.05, 0.1) is 11.1 Å². The SMILES string of the molecule is Cc1nn(C)cc1C1(C=O)CC1. The Kier molecular flexibility index (Phi) is 1.37. The highest BCUT2D eigenvalue weighted by molar-refractivity contribution is 5.73. The zero-order valence-corrected chi connectivity index (χ0v) is 7.37. The molecule has 12 heavy (non-hydrogen) atoms. The first-order chi connectivity index (χ1) is 5.68. The van der Waals surface area contributed by atoms with Crippen molar-refractivity contribution >= 4 is 6.29 Å². The minimum atomic E-state index is -0.168. The summed E-state index contributed by atoms with van der Waals surface area (Å²) in [6.45, 7) is 1.96. The molecule has 0 amide bonds. The van der Waals surface area contributed by atoms with Crippen LogP contribution in [-0.4, -0.2) is 16.1 Å². The lowest BCUT2D eigenvalue weighted by Crippen LogP contribution is -2.07. The molecule has 1 aromatic heterocycles. The summed E-state index contributed by atoms with van der Waals surface area (Å²) in [5, 5.41) is 4.22. The Hall–Kier alpha value is -1.12. The molecule has 2 rings (SSSR count). The molecule has 1 saturated carbocycles. The van der Waals surface area contributed by atoms with Crippen LogP contribution in [0, 0.1) is 6.92 Å². The molecule has 1 aliphatic carbocycles. The lowest BCUT2D eigenvalue weighted by Gasteiger charge is -2.02. The van der Waals surface area contributed by atoms with Gasteiger partial charge in [0, 0.05) is 18.8 Å². The molecule has 0 unspecified atom stereocenters. The van der Waals surface area contributed by atoms with Crippen molar-refractivity contribution in [1.29, 1.82) is 0 Å². The van der Waals surface area contributed by atoms with Crippen molar-refractivity contribution in [3.05, 3.63) is 17.5 Å². The smallest absolute Gasteiger partial charge is 0.130 e. The zero-order chi connectivity index (χ0) is 8.77. The topological polar surface area (TPSA) is 34.9 Å². The van der Waals surface area contributed by atoms with Gasteiger partial charge in [-0.05, 0) is 19.8 Å². The van der Waals surface area contributed by atoms with E-state index in [1.807, 2.05) is 20.2 Å². The Bertz CT molecular complexity index is 323. The Labute approximate surface area is 71.4 Å². The average Bonchev–Trinajstić information content (AvgIpc) is 2.74. The first kappa shape index (κ1) is 7.53. The maximum Gasteiger partial charge on any atom is 0.130 e. The first-order valence-electron chi connectivity index (χ1n) is 4.15. The average molecular weight is 164 g/mol. The minimum absolute atomic E-state index is 0.168. The van der Waals surface area contributed by atoms with Gasteiger partial charge in [-0.1, -0.05) is 0 Å². The molecule has 0 spiro atoms. The van der Waals surface area contributed by atoms with E-state index in [2.05, 4.69) is 5.10 Å². The summed E-state index contributed by atoms with van der Waals surface area (Å²) in [6.07, 6.45) is 5.00. The summed E-state index contributed by atoms with van der Waals surface area (Å²) >= 11 is 0. The summed E-state index contributed by atoms with van der Waals surface area (Å²) in [7, 11) is 1.89. The maximum absolute atomic E-state index is 10.8. The summed E-state index contributed by atoms with van der Waals surface area (Å²) in [5.74, 6) is 0. The number of hydrogen-bond donors (Lipinski definition) is 0. The molecule has 1 aliphatic rings. The monoisotopic (exact) mass is 164 g/mol. The highest BCUT2D eigenvalue weighted by Gasteiger charge is 2.46. The zero-order valence-electron chi connectivity index (χ0n) is 7.37. The predicted molar refractivity (Wildman–Crippen MR) is 44.9 cm³/mol. The number of carbonyl (C=O) groups excluding carboxylic acids is 1. The van der Waals surface area contributed by atoms with Crippen LogP contribution >= 0.6 is 0 Å². The Morgan fingerprint density at radius 3 is 2.67 bits per heavy atom. The van der Waals surface area contributed by atoms with Crippen molar-refractivity contribution < 1.29 is 4.79 Å². The van der Waals surface area contributed by atoms with E-state index < -0.39 is 0 Å². The van der Waals surface area contributed by atoms with Crippen molar-refractivity contribution in [2.24, 2.45) is 7.05 Å². The minimum Gasteiger partial charge on any atom is -0.302 e. The van der Waals surface area contributed by atoms with E-state index in [0.29, 0.717) is 0 Å². The van der Waals surface area contributed by atoms with Crippen molar-refractivity contribution in [1.82, 2.24) is 9.78 Å². The second kappa shape index (κ2) is 2.19. The fraction of sp³-hybridized carbons (Fsp3) is 0.556. The van der Waals surface area contributed by atoms with Crippen LogP contribution in [-0.2, 0) is 17.3 Å². The van der Waals surface area contributed by atoms with Gasteiger partial charge < -0.3 is 4.79 Å². The number of aryl methyl sites for hydroxylation is 2. The van der Waals surface area contributed by atoms with E-state index in [4.69, 9.17) is 0 Å². The molecule has 1 heterocycles. The standard InChI is InChI=1S/C9H12N2O/c1-7-8(5-11(2)10-7)9(6-12)3-4-9/h5-6H,3-4H2,1-2H3. The molecule has 0 bridgehead atoms. The Balaban J connectivity index is 2.45. The van der Waals surface area contributed by atoms with Crippen LogP contribution in [0.25, 0.3) is 0 Å². The van der Waals surface area contributed by atoms with Gasteiger partial charge in [0.1, 0.15) is 6.29 Å². The van der Waals surface area contributed by atoms with Gasteiger partial charge in [-0.25, -0.2) is 0 Å². The van der Waals surface area contributed by atoms with Crippen LogP contribution in [0.3, 0.4) is 0 Å². The number of aldehydes is 1. The molecule has 3 nitrogen and oxygen atoms in total. The van der Waals surface area contributed by atoms with Gasteiger partial charge in [0.25, 0.3) is 0 Å². The van der Waals surface area contributed by atoms with Crippen LogP contribution < -0.4 is 0 Å². The van der Waals surface area contributed by atoms with Crippen LogP contribution in [0.5, 0.6) is 0 Å². The van der Waals surface area contributed by atoms with Crippen molar-refractivity contribution in [3.63, 3.8) is 0 Å². The largest absolute Gasteiger partial charge is 0.302 e. The fourth-order valence-electron chi connectivity index (χ4n) is 1.67. The fourth-order valence-corrected chi connectivity index (χ4v) is 1.67. The maximum atomic E-state index is 10.8. The molecule has 1 fully saturated rings. The number of rotatable bonds is 2. The third kappa shape index (κ3) is 0.891. The molecular formula is C9H12N2O. The van der Waals surface area contributed by atoms with E-state index in [-0.39, 0.29) is 5.41 Å². The molecule has 3 heteroatoms. The summed E-state index contributed by atoms with van der Waals surface area (Å²) < 4.78 is 1.77. The van der Waals surface area contributed by atoms with Crippen LogP contribution in [0.2, 0.25) is 0 Å². The van der Waals surface area contributed by atoms with Crippen LogP contribution in [0.4, 0.5) is 0 Å². The molecule has 0 atom stereocenters. The number of nitrogens with zero attached hydrogens (tertiary/aromatic N) is 2. The summed E-state index contributed by atoms with van der Waals surface area (Å²) in [6, 6.07) is 0. The van der Waals surface area contributed by atoms with Crippen molar-refractivity contribution in [2.75, 3.05) is 0 Å². The van der Waals surface area contributed by atoms with Gasteiger partial charge in [0.15, 0.2) is 0 Å². The molecule has 64 valence electrons. The van der Waals surface area contributed by atoms with E-state index in [1.165, 1.54) is 0 Å². The van der Waals surface area contributed by atoms with Crippen LogP contribution in [0.15, 0.2) is 6.20 Å². The Morgan fingerprint density at radius 2 is 2.33 bits per heavy atom. The number of carbonyl (C=O) groups is 1. The van der Waals surface area contributed by atoms with Crippen LogP contribution in [0.1, 0.15) is 24.1 Å². The van der Waals surface area contributed by atoms with E-state index in [9.17, 15) is 4.79 Å². The third-order valence-electron chi connectivity index (χ3n) is 2.56. The predicted octanol–water partition coefficient (Wildman–Crippen LogP) is 0.959. The molecule has 1 aromatic rings. The summed E-state index contributed by atoms with van der Waals surface area (Å²) in [4.78, 5) is 10.8. The second-order valence-corrected chi connectivity index (χ2v) is 3.58. The Morgan fingerprint density at radius 1 is 1.67 bits per heavy atom. The molecule has 0 aromatic carbocycles. The normalized spacial score (nSPS) is 19.2. The van der Waals surface area contributed by atoms with E-state index in [1.54, 1.807) is 4.68 Å². The second-order valence-electron chi connectivity index (χ2n) is 3.58. The molecule has 0 saturated heterocycles. The molecule has 0 aliphatic heterocycles. The van der Waals surface area contributed by atoms with E-state index >= 15 is 0 Å². The lowest BCUT2D eigenvalue weighted by molar-refractivity contribution is -0.109. The van der Waals surface area contributed by atoms with Gasteiger partial charge in [-0.2, -0.15) is 5.10 Å².